The van der Waals surface area contributed by atoms with Crippen molar-refractivity contribution in [2.45, 2.75) is 51.3 Å². The highest BCUT2D eigenvalue weighted by Gasteiger charge is 2.37. The molecule has 0 heterocycles. The van der Waals surface area contributed by atoms with E-state index in [1.165, 1.54) is 12.1 Å². The van der Waals surface area contributed by atoms with Gasteiger partial charge in [-0.1, -0.05) is 43.7 Å². The van der Waals surface area contributed by atoms with Crippen molar-refractivity contribution < 1.29 is 17.9 Å². The minimum Gasteiger partial charge on any atom is -0.490 e. The van der Waals surface area contributed by atoms with Crippen LogP contribution >= 0.6 is 0 Å². The summed E-state index contributed by atoms with van der Waals surface area (Å²) in [5.41, 5.74) is -0.645. The Morgan fingerprint density at radius 1 is 1.00 bits per heavy atom. The molecule has 2 aromatic rings. The van der Waals surface area contributed by atoms with E-state index in [1.807, 2.05) is 0 Å². The zero-order valence-corrected chi connectivity index (χ0v) is 13.2. The zero-order valence-electron chi connectivity index (χ0n) is 13.2. The summed E-state index contributed by atoms with van der Waals surface area (Å²) in [4.78, 5) is 0. The molecule has 23 heavy (non-hydrogen) atoms. The summed E-state index contributed by atoms with van der Waals surface area (Å²) in [6, 6.07) is 9.76. The molecule has 0 bridgehead atoms. The van der Waals surface area contributed by atoms with Crippen molar-refractivity contribution in [2.24, 2.45) is 5.92 Å². The highest BCUT2D eigenvalue weighted by atomic mass is 19.4. The monoisotopic (exact) mass is 322 g/mol. The first-order valence-electron chi connectivity index (χ1n) is 8.24. The van der Waals surface area contributed by atoms with Gasteiger partial charge in [-0.3, -0.25) is 0 Å². The first kappa shape index (κ1) is 16.2. The maximum atomic E-state index is 13.6. The summed E-state index contributed by atoms with van der Waals surface area (Å²) in [6.45, 7) is 2.16. The molecule has 1 aliphatic rings. The van der Waals surface area contributed by atoms with Crippen molar-refractivity contribution >= 4 is 10.8 Å². The molecule has 0 aromatic heterocycles. The van der Waals surface area contributed by atoms with Crippen LogP contribution in [0.4, 0.5) is 13.2 Å². The quantitative estimate of drug-likeness (QED) is 0.653. The minimum absolute atomic E-state index is 0.0313. The number of benzene rings is 2. The first-order valence-corrected chi connectivity index (χ1v) is 8.24. The van der Waals surface area contributed by atoms with Gasteiger partial charge in [0.15, 0.2) is 0 Å². The lowest BCUT2D eigenvalue weighted by Crippen LogP contribution is -2.25. The van der Waals surface area contributed by atoms with E-state index in [-0.39, 0.29) is 17.2 Å². The van der Waals surface area contributed by atoms with E-state index in [0.717, 1.165) is 32.1 Å². The van der Waals surface area contributed by atoms with Gasteiger partial charge in [0, 0.05) is 0 Å². The number of fused-ring (bicyclic) bond motifs is 1. The van der Waals surface area contributed by atoms with Crippen LogP contribution in [0.15, 0.2) is 36.4 Å². The van der Waals surface area contributed by atoms with Gasteiger partial charge in [0.05, 0.1) is 6.10 Å². The molecule has 1 nitrogen and oxygen atoms in total. The van der Waals surface area contributed by atoms with Crippen molar-refractivity contribution in [2.75, 3.05) is 0 Å². The third-order valence-electron chi connectivity index (χ3n) is 4.84. The molecule has 124 valence electrons. The largest absolute Gasteiger partial charge is 0.490 e. The average Bonchev–Trinajstić information content (AvgIpc) is 2.54. The van der Waals surface area contributed by atoms with Gasteiger partial charge in [-0.25, -0.2) is 0 Å². The third-order valence-corrected chi connectivity index (χ3v) is 4.84. The molecule has 3 rings (SSSR count). The molecular formula is C19H21F3O. The number of alkyl halides is 3. The fourth-order valence-corrected chi connectivity index (χ4v) is 3.48. The van der Waals surface area contributed by atoms with Crippen LogP contribution in [0.3, 0.4) is 0 Å². The molecule has 0 N–H and O–H groups in total. The van der Waals surface area contributed by atoms with Crippen LogP contribution in [0.1, 0.15) is 44.6 Å². The molecule has 2 aromatic carbocycles. The highest BCUT2D eigenvalue weighted by molar-refractivity contribution is 5.88. The fraction of sp³-hybridized carbons (Fsp3) is 0.474. The lowest BCUT2D eigenvalue weighted by Gasteiger charge is -2.29. The van der Waals surface area contributed by atoms with Crippen LogP contribution in [-0.2, 0) is 6.18 Å². The number of rotatable bonds is 3. The predicted molar refractivity (Wildman–Crippen MR) is 85.6 cm³/mol. The van der Waals surface area contributed by atoms with Gasteiger partial charge in [-0.2, -0.15) is 13.2 Å². The first-order chi connectivity index (χ1) is 11.0. The SMILES string of the molecule is CCC1CCC(Oc2ccc3ccccc3c2C(F)(F)F)CC1. The van der Waals surface area contributed by atoms with Gasteiger partial charge in [-0.15, -0.1) is 0 Å². The Bertz CT molecular complexity index is 670. The minimum atomic E-state index is -4.42. The normalized spacial score (nSPS) is 22.3. The molecule has 0 saturated heterocycles. The Labute approximate surface area is 134 Å². The molecular weight excluding hydrogens is 301 g/mol. The molecule has 0 radical (unpaired) electrons. The lowest BCUT2D eigenvalue weighted by atomic mass is 9.86. The molecule has 1 aliphatic carbocycles. The van der Waals surface area contributed by atoms with Crippen molar-refractivity contribution in [1.29, 1.82) is 0 Å². The molecule has 0 unspecified atom stereocenters. The number of hydrogen-bond acceptors (Lipinski definition) is 1. The van der Waals surface area contributed by atoms with Gasteiger partial charge in [0.25, 0.3) is 0 Å². The van der Waals surface area contributed by atoms with Gasteiger partial charge in [0.1, 0.15) is 11.3 Å². The Kier molecular flexibility index (Phi) is 4.51. The standard InChI is InChI=1S/C19H21F3O/c1-2-13-7-10-15(11-8-13)23-17-12-9-14-5-3-4-6-16(14)18(17)19(20,21)22/h3-6,9,12-13,15H,2,7-8,10-11H2,1H3. The zero-order chi connectivity index (χ0) is 16.4. The van der Waals surface area contributed by atoms with E-state index < -0.39 is 11.7 Å². The second-order valence-corrected chi connectivity index (χ2v) is 6.33. The lowest BCUT2D eigenvalue weighted by molar-refractivity contribution is -0.138. The van der Waals surface area contributed by atoms with Crippen LogP contribution in [0.25, 0.3) is 10.8 Å². The van der Waals surface area contributed by atoms with E-state index >= 15 is 0 Å². The fourth-order valence-electron chi connectivity index (χ4n) is 3.48. The van der Waals surface area contributed by atoms with Crippen LogP contribution < -0.4 is 4.74 Å². The van der Waals surface area contributed by atoms with E-state index in [0.29, 0.717) is 11.3 Å². The summed E-state index contributed by atoms with van der Waals surface area (Å²) < 4.78 is 46.5. The summed E-state index contributed by atoms with van der Waals surface area (Å²) in [6.07, 6.45) is 0.352. The topological polar surface area (TPSA) is 9.23 Å². The van der Waals surface area contributed by atoms with Crippen LogP contribution in [0.5, 0.6) is 5.75 Å². The predicted octanol–water partition coefficient (Wildman–Crippen LogP) is 6.21. The Hall–Kier alpha value is -1.71. The molecule has 0 amide bonds. The van der Waals surface area contributed by atoms with Crippen molar-refractivity contribution in [1.82, 2.24) is 0 Å². The Balaban J connectivity index is 1.91. The number of halogens is 3. The van der Waals surface area contributed by atoms with Crippen molar-refractivity contribution in [3.8, 4) is 5.75 Å². The molecule has 4 heteroatoms. The van der Waals surface area contributed by atoms with Crippen LogP contribution in [0, 0.1) is 5.92 Å². The van der Waals surface area contributed by atoms with E-state index in [2.05, 4.69) is 6.92 Å². The molecule has 0 atom stereocenters. The average molecular weight is 322 g/mol. The summed E-state index contributed by atoms with van der Waals surface area (Å²) in [5, 5.41) is 0.793. The van der Waals surface area contributed by atoms with Crippen LogP contribution in [-0.4, -0.2) is 6.10 Å². The summed E-state index contributed by atoms with van der Waals surface area (Å²) in [7, 11) is 0. The molecule has 0 aliphatic heterocycles. The van der Waals surface area contributed by atoms with Gasteiger partial charge < -0.3 is 4.74 Å². The maximum Gasteiger partial charge on any atom is 0.420 e. The third kappa shape index (κ3) is 3.46. The van der Waals surface area contributed by atoms with Crippen molar-refractivity contribution in [3.05, 3.63) is 42.0 Å². The smallest absolute Gasteiger partial charge is 0.420 e. The highest BCUT2D eigenvalue weighted by Crippen LogP contribution is 2.42. The Morgan fingerprint density at radius 3 is 2.35 bits per heavy atom. The summed E-state index contributed by atoms with van der Waals surface area (Å²) >= 11 is 0. The van der Waals surface area contributed by atoms with E-state index in [9.17, 15) is 13.2 Å². The summed E-state index contributed by atoms with van der Waals surface area (Å²) in [5.74, 6) is 0.657. The number of hydrogen-bond donors (Lipinski definition) is 0. The van der Waals surface area contributed by atoms with Crippen LogP contribution in [0.2, 0.25) is 0 Å². The van der Waals surface area contributed by atoms with Gasteiger partial charge in [-0.05, 0) is 48.4 Å². The maximum absolute atomic E-state index is 13.6. The second-order valence-electron chi connectivity index (χ2n) is 6.33. The van der Waals surface area contributed by atoms with Crippen molar-refractivity contribution in [3.63, 3.8) is 0 Å². The molecule has 0 spiro atoms. The molecule has 1 saturated carbocycles. The molecule has 1 fully saturated rings. The van der Waals surface area contributed by atoms with E-state index in [4.69, 9.17) is 4.74 Å². The Morgan fingerprint density at radius 2 is 1.70 bits per heavy atom. The van der Waals surface area contributed by atoms with Gasteiger partial charge in [0.2, 0.25) is 0 Å². The second kappa shape index (κ2) is 6.42. The van der Waals surface area contributed by atoms with E-state index in [1.54, 1.807) is 24.3 Å². The number of ether oxygens (including phenoxy) is 1. The van der Waals surface area contributed by atoms with Gasteiger partial charge >= 0.3 is 6.18 Å².